The van der Waals surface area contributed by atoms with Gasteiger partial charge in [-0.05, 0) is 44.0 Å². The molecule has 2 rings (SSSR count). The van der Waals surface area contributed by atoms with E-state index in [-0.39, 0.29) is 0 Å². The number of aromatic amines is 1. The van der Waals surface area contributed by atoms with Crippen LogP contribution in [0.2, 0.25) is 0 Å². The Balaban J connectivity index is 2.02. The smallest absolute Gasteiger partial charge is 0.116 e. The minimum absolute atomic E-state index is 1.02. The average Bonchev–Trinajstić information content (AvgIpc) is 2.85. The summed E-state index contributed by atoms with van der Waals surface area (Å²) in [6.07, 6.45) is 3.48. The van der Waals surface area contributed by atoms with Crippen LogP contribution in [-0.4, -0.2) is 39.9 Å². The molecule has 1 aromatic heterocycles. The number of aromatic nitrogens is 3. The first-order valence-electron chi connectivity index (χ1n) is 6.86. The Hall–Kier alpha value is -1.42. The highest BCUT2D eigenvalue weighted by Crippen LogP contribution is 2.14. The first-order chi connectivity index (χ1) is 8.85. The van der Waals surface area contributed by atoms with E-state index in [2.05, 4.69) is 46.3 Å². The van der Waals surface area contributed by atoms with Crippen molar-refractivity contribution in [1.29, 1.82) is 0 Å². The summed E-state index contributed by atoms with van der Waals surface area (Å²) in [5.41, 5.74) is 3.34. The summed E-state index contributed by atoms with van der Waals surface area (Å²) in [4.78, 5) is 2.53. The fourth-order valence-corrected chi connectivity index (χ4v) is 2.38. The van der Waals surface area contributed by atoms with E-state index in [1.54, 1.807) is 0 Å². The van der Waals surface area contributed by atoms with Crippen molar-refractivity contribution < 1.29 is 0 Å². The first-order valence-corrected chi connectivity index (χ1v) is 6.86. The van der Waals surface area contributed by atoms with Crippen molar-refractivity contribution in [3.05, 3.63) is 23.8 Å². The average molecular weight is 246 g/mol. The van der Waals surface area contributed by atoms with Gasteiger partial charge in [-0.2, -0.15) is 0 Å². The standard InChI is InChI=1S/C14H22N4/c1-3-9-18(10-4-2)11-8-12-6-5-7-13-14(12)16-17-15-13/h5-7H,3-4,8-11H2,1-2H3,(H,15,16,17). The highest BCUT2D eigenvalue weighted by atomic mass is 15.3. The van der Waals surface area contributed by atoms with Gasteiger partial charge in [-0.3, -0.25) is 5.10 Å². The molecule has 0 aliphatic heterocycles. The number of nitrogens with zero attached hydrogens (tertiary/aromatic N) is 3. The zero-order chi connectivity index (χ0) is 12.8. The molecular weight excluding hydrogens is 224 g/mol. The highest BCUT2D eigenvalue weighted by molar-refractivity contribution is 5.77. The van der Waals surface area contributed by atoms with Crippen molar-refractivity contribution in [3.63, 3.8) is 0 Å². The molecule has 0 atom stereocenters. The van der Waals surface area contributed by atoms with E-state index in [1.807, 2.05) is 6.07 Å². The Morgan fingerprint density at radius 2 is 1.89 bits per heavy atom. The van der Waals surface area contributed by atoms with Crippen LogP contribution >= 0.6 is 0 Å². The Morgan fingerprint density at radius 3 is 2.61 bits per heavy atom. The second-order valence-corrected chi connectivity index (χ2v) is 4.72. The molecule has 0 bridgehead atoms. The largest absolute Gasteiger partial charge is 0.303 e. The van der Waals surface area contributed by atoms with Crippen LogP contribution < -0.4 is 0 Å². The molecule has 4 nitrogen and oxygen atoms in total. The van der Waals surface area contributed by atoms with E-state index in [1.165, 1.54) is 31.5 Å². The van der Waals surface area contributed by atoms with E-state index in [0.29, 0.717) is 0 Å². The molecule has 0 aliphatic rings. The normalized spacial score (nSPS) is 11.5. The number of H-pyrrole nitrogens is 1. The summed E-state index contributed by atoms with van der Waals surface area (Å²) in [6, 6.07) is 6.25. The molecule has 98 valence electrons. The number of hydrogen-bond donors (Lipinski definition) is 1. The maximum atomic E-state index is 4.16. The molecule has 0 fully saturated rings. The number of hydrogen-bond acceptors (Lipinski definition) is 3. The van der Waals surface area contributed by atoms with Gasteiger partial charge in [0.25, 0.3) is 0 Å². The van der Waals surface area contributed by atoms with Crippen molar-refractivity contribution >= 4 is 11.0 Å². The van der Waals surface area contributed by atoms with Crippen LogP contribution in [0.4, 0.5) is 0 Å². The zero-order valence-corrected chi connectivity index (χ0v) is 11.3. The molecule has 0 unspecified atom stereocenters. The molecule has 0 saturated heterocycles. The lowest BCUT2D eigenvalue weighted by molar-refractivity contribution is 0.278. The van der Waals surface area contributed by atoms with Gasteiger partial charge in [0, 0.05) is 6.54 Å². The van der Waals surface area contributed by atoms with Gasteiger partial charge in [-0.1, -0.05) is 31.2 Å². The van der Waals surface area contributed by atoms with Gasteiger partial charge < -0.3 is 4.90 Å². The van der Waals surface area contributed by atoms with Crippen molar-refractivity contribution in [2.75, 3.05) is 19.6 Å². The fraction of sp³-hybridized carbons (Fsp3) is 0.571. The summed E-state index contributed by atoms with van der Waals surface area (Å²) >= 11 is 0. The molecule has 1 N–H and O–H groups in total. The molecule has 4 heteroatoms. The molecule has 0 saturated carbocycles. The number of rotatable bonds is 7. The highest BCUT2D eigenvalue weighted by Gasteiger charge is 2.07. The first kappa shape index (κ1) is 13.0. The van der Waals surface area contributed by atoms with Crippen molar-refractivity contribution in [1.82, 2.24) is 20.3 Å². The molecule has 1 aromatic carbocycles. The molecule has 0 amide bonds. The van der Waals surface area contributed by atoms with E-state index < -0.39 is 0 Å². The van der Waals surface area contributed by atoms with Gasteiger partial charge in [0.05, 0.1) is 5.52 Å². The molecule has 1 heterocycles. The predicted octanol–water partition coefficient (Wildman–Crippen LogP) is 2.62. The fourth-order valence-electron chi connectivity index (χ4n) is 2.38. The molecule has 0 radical (unpaired) electrons. The Kier molecular flexibility index (Phi) is 4.70. The predicted molar refractivity (Wildman–Crippen MR) is 74.6 cm³/mol. The van der Waals surface area contributed by atoms with Gasteiger partial charge in [-0.15, -0.1) is 5.10 Å². The monoisotopic (exact) mass is 246 g/mol. The van der Waals surface area contributed by atoms with Gasteiger partial charge in [0.2, 0.25) is 0 Å². The quantitative estimate of drug-likeness (QED) is 0.816. The lowest BCUT2D eigenvalue weighted by atomic mass is 10.1. The van der Waals surface area contributed by atoms with E-state index in [9.17, 15) is 0 Å². The van der Waals surface area contributed by atoms with Crippen LogP contribution in [0.5, 0.6) is 0 Å². The molecule has 0 aliphatic carbocycles. The third kappa shape index (κ3) is 3.07. The van der Waals surface area contributed by atoms with Crippen LogP contribution in [0.25, 0.3) is 11.0 Å². The molecular formula is C14H22N4. The van der Waals surface area contributed by atoms with E-state index in [4.69, 9.17) is 0 Å². The molecule has 18 heavy (non-hydrogen) atoms. The van der Waals surface area contributed by atoms with Gasteiger partial charge in [-0.25, -0.2) is 0 Å². The summed E-state index contributed by atoms with van der Waals surface area (Å²) in [5.74, 6) is 0. The summed E-state index contributed by atoms with van der Waals surface area (Å²) < 4.78 is 0. The maximum absolute atomic E-state index is 4.16. The number of benzene rings is 1. The Labute approximate surface area is 108 Å². The maximum Gasteiger partial charge on any atom is 0.116 e. The third-order valence-electron chi connectivity index (χ3n) is 3.22. The van der Waals surface area contributed by atoms with Crippen LogP contribution in [-0.2, 0) is 6.42 Å². The minimum atomic E-state index is 1.02. The third-order valence-corrected chi connectivity index (χ3v) is 3.22. The van der Waals surface area contributed by atoms with Crippen molar-refractivity contribution in [3.8, 4) is 0 Å². The topological polar surface area (TPSA) is 44.8 Å². The molecule has 2 aromatic rings. The SMILES string of the molecule is CCCN(CCC)CCc1cccc2[nH]nnc12. The zero-order valence-electron chi connectivity index (χ0n) is 11.3. The van der Waals surface area contributed by atoms with Crippen LogP contribution in [0.1, 0.15) is 32.3 Å². The number of nitrogens with one attached hydrogen (secondary N) is 1. The van der Waals surface area contributed by atoms with E-state index >= 15 is 0 Å². The lowest BCUT2D eigenvalue weighted by Crippen LogP contribution is -2.27. The second-order valence-electron chi connectivity index (χ2n) is 4.72. The Bertz CT molecular complexity index is 471. The summed E-state index contributed by atoms with van der Waals surface area (Å²) in [6.45, 7) is 7.95. The second kappa shape index (κ2) is 6.50. The summed E-state index contributed by atoms with van der Waals surface area (Å²) in [5, 5.41) is 11.0. The van der Waals surface area contributed by atoms with Gasteiger partial charge in [0.1, 0.15) is 5.52 Å². The van der Waals surface area contributed by atoms with Gasteiger partial charge in [0.15, 0.2) is 0 Å². The van der Waals surface area contributed by atoms with Crippen LogP contribution in [0, 0.1) is 0 Å². The van der Waals surface area contributed by atoms with Crippen LogP contribution in [0.15, 0.2) is 18.2 Å². The van der Waals surface area contributed by atoms with Crippen LogP contribution in [0.3, 0.4) is 0 Å². The summed E-state index contributed by atoms with van der Waals surface area (Å²) in [7, 11) is 0. The Morgan fingerprint density at radius 1 is 1.11 bits per heavy atom. The van der Waals surface area contributed by atoms with E-state index in [0.717, 1.165) is 24.0 Å². The van der Waals surface area contributed by atoms with Gasteiger partial charge >= 0.3 is 0 Å². The van der Waals surface area contributed by atoms with Crippen molar-refractivity contribution in [2.45, 2.75) is 33.1 Å². The van der Waals surface area contributed by atoms with Crippen molar-refractivity contribution in [2.24, 2.45) is 0 Å². The lowest BCUT2D eigenvalue weighted by Gasteiger charge is -2.20. The number of fused-ring (bicyclic) bond motifs is 1. The minimum Gasteiger partial charge on any atom is -0.303 e. The molecule has 0 spiro atoms.